The molecule has 2 bridgehead atoms. The lowest BCUT2D eigenvalue weighted by Crippen LogP contribution is -2.15. The van der Waals surface area contributed by atoms with E-state index in [-0.39, 0.29) is 0 Å². The van der Waals surface area contributed by atoms with Crippen LogP contribution in [0.2, 0.25) is 0 Å². The van der Waals surface area contributed by atoms with Crippen molar-refractivity contribution in [2.75, 3.05) is 0 Å². The smallest absolute Gasteiger partial charge is 0.164 e. The van der Waals surface area contributed by atoms with E-state index in [2.05, 4.69) is 4.98 Å². The second-order valence-corrected chi connectivity index (χ2v) is 7.04. The first-order valence-electron chi connectivity index (χ1n) is 7.16. The van der Waals surface area contributed by atoms with E-state index in [0.29, 0.717) is 11.7 Å². The Balaban J connectivity index is 1.53. The summed E-state index contributed by atoms with van der Waals surface area (Å²) in [7, 11) is 0. The van der Waals surface area contributed by atoms with E-state index in [1.54, 1.807) is 17.5 Å². The summed E-state index contributed by atoms with van der Waals surface area (Å²) in [6, 6.07) is 4.02. The average molecular weight is 271 g/mol. The zero-order valence-corrected chi connectivity index (χ0v) is 11.7. The molecule has 3 atom stereocenters. The van der Waals surface area contributed by atoms with Gasteiger partial charge in [0.1, 0.15) is 0 Å². The lowest BCUT2D eigenvalue weighted by atomic mass is 9.84. The molecule has 0 saturated heterocycles. The standard InChI is InChI=1S/C16H17NOS/c18-15(7-12-6-10-1-2-11(12)5-10)13-8-16-14(17-9-13)3-4-19-16/h3-4,8-12H,1-2,5-7H2. The summed E-state index contributed by atoms with van der Waals surface area (Å²) in [5, 5.41) is 2.03. The van der Waals surface area contributed by atoms with Crippen molar-refractivity contribution < 1.29 is 4.79 Å². The Hall–Kier alpha value is -1.22. The van der Waals surface area contributed by atoms with Gasteiger partial charge < -0.3 is 0 Å². The number of carbonyl (C=O) groups excluding carboxylic acids is 1. The van der Waals surface area contributed by atoms with Crippen molar-refractivity contribution in [3.05, 3.63) is 29.3 Å². The van der Waals surface area contributed by atoms with Crippen LogP contribution in [0.1, 0.15) is 42.5 Å². The SMILES string of the molecule is O=C(CC1CC2CCC1C2)c1cnc2ccsc2c1. The third-order valence-corrected chi connectivity index (χ3v) is 5.81. The molecule has 2 aliphatic rings. The lowest BCUT2D eigenvalue weighted by Gasteiger charge is -2.20. The Bertz CT molecular complexity index is 632. The summed E-state index contributed by atoms with van der Waals surface area (Å²) < 4.78 is 1.12. The largest absolute Gasteiger partial charge is 0.294 e. The predicted molar refractivity (Wildman–Crippen MR) is 77.5 cm³/mol. The quantitative estimate of drug-likeness (QED) is 0.779. The number of fused-ring (bicyclic) bond motifs is 3. The van der Waals surface area contributed by atoms with Gasteiger partial charge in [0.2, 0.25) is 0 Å². The Morgan fingerprint density at radius 3 is 3.11 bits per heavy atom. The second kappa shape index (κ2) is 4.41. The van der Waals surface area contributed by atoms with E-state index in [1.807, 2.05) is 17.5 Å². The Morgan fingerprint density at radius 1 is 1.37 bits per heavy atom. The average Bonchev–Trinajstić information content (AvgIpc) is 3.13. The van der Waals surface area contributed by atoms with Gasteiger partial charge in [-0.1, -0.05) is 6.42 Å². The van der Waals surface area contributed by atoms with Gasteiger partial charge >= 0.3 is 0 Å². The third kappa shape index (κ3) is 2.00. The van der Waals surface area contributed by atoms with E-state index in [1.165, 1.54) is 25.7 Å². The zero-order chi connectivity index (χ0) is 12.8. The first-order valence-corrected chi connectivity index (χ1v) is 8.04. The monoisotopic (exact) mass is 271 g/mol. The molecule has 3 unspecified atom stereocenters. The first-order chi connectivity index (χ1) is 9.29. The maximum Gasteiger partial charge on any atom is 0.164 e. The van der Waals surface area contributed by atoms with Gasteiger partial charge in [-0.3, -0.25) is 9.78 Å². The van der Waals surface area contributed by atoms with Crippen LogP contribution in [0.5, 0.6) is 0 Å². The van der Waals surface area contributed by atoms with Crippen molar-refractivity contribution in [2.45, 2.75) is 32.1 Å². The van der Waals surface area contributed by atoms with Crippen LogP contribution in [0.3, 0.4) is 0 Å². The van der Waals surface area contributed by atoms with Crippen LogP contribution in [-0.2, 0) is 0 Å². The van der Waals surface area contributed by atoms with Crippen LogP contribution < -0.4 is 0 Å². The van der Waals surface area contributed by atoms with Gasteiger partial charge in [0, 0.05) is 18.2 Å². The van der Waals surface area contributed by atoms with Crippen molar-refractivity contribution in [3.63, 3.8) is 0 Å². The highest BCUT2D eigenvalue weighted by Gasteiger charge is 2.40. The van der Waals surface area contributed by atoms with E-state index in [9.17, 15) is 4.79 Å². The number of hydrogen-bond acceptors (Lipinski definition) is 3. The number of pyridine rings is 1. The molecule has 0 amide bonds. The summed E-state index contributed by atoms with van der Waals surface area (Å²) in [4.78, 5) is 16.8. The number of carbonyl (C=O) groups is 1. The molecule has 0 N–H and O–H groups in total. The molecule has 0 radical (unpaired) electrons. The summed E-state index contributed by atoms with van der Waals surface area (Å²) >= 11 is 1.66. The van der Waals surface area contributed by atoms with Crippen molar-refractivity contribution >= 4 is 27.3 Å². The highest BCUT2D eigenvalue weighted by Crippen LogP contribution is 2.49. The predicted octanol–water partition coefficient (Wildman–Crippen LogP) is 4.31. The Labute approximate surface area is 116 Å². The van der Waals surface area contributed by atoms with Gasteiger partial charge in [0.05, 0.1) is 10.2 Å². The van der Waals surface area contributed by atoms with Crippen LogP contribution in [0.25, 0.3) is 10.2 Å². The van der Waals surface area contributed by atoms with Crippen LogP contribution in [-0.4, -0.2) is 10.8 Å². The molecular formula is C16H17NOS. The number of hydrogen-bond donors (Lipinski definition) is 0. The number of thiophene rings is 1. The van der Waals surface area contributed by atoms with Gasteiger partial charge in [0.25, 0.3) is 0 Å². The van der Waals surface area contributed by atoms with Gasteiger partial charge in [-0.05, 0) is 54.5 Å². The van der Waals surface area contributed by atoms with Crippen molar-refractivity contribution in [3.8, 4) is 0 Å². The van der Waals surface area contributed by atoms with Gasteiger partial charge in [-0.25, -0.2) is 0 Å². The molecule has 0 aliphatic heterocycles. The molecule has 3 heteroatoms. The lowest BCUT2D eigenvalue weighted by molar-refractivity contribution is 0.0944. The molecular weight excluding hydrogens is 254 g/mol. The minimum absolute atomic E-state index is 0.292. The summed E-state index contributed by atoms with van der Waals surface area (Å²) in [5.41, 5.74) is 1.80. The summed E-state index contributed by atoms with van der Waals surface area (Å²) in [6.45, 7) is 0. The van der Waals surface area contributed by atoms with Crippen molar-refractivity contribution in [1.29, 1.82) is 0 Å². The van der Waals surface area contributed by atoms with E-state index in [4.69, 9.17) is 0 Å². The fraction of sp³-hybridized carbons (Fsp3) is 0.500. The Kier molecular flexibility index (Phi) is 2.69. The van der Waals surface area contributed by atoms with E-state index < -0.39 is 0 Å². The number of Topliss-reactive ketones (excluding diaryl/α,β-unsaturated/α-hetero) is 1. The van der Waals surface area contributed by atoms with Gasteiger partial charge in [-0.2, -0.15) is 0 Å². The molecule has 2 aromatic heterocycles. The van der Waals surface area contributed by atoms with Gasteiger partial charge in [-0.15, -0.1) is 11.3 Å². The zero-order valence-electron chi connectivity index (χ0n) is 10.8. The molecule has 19 heavy (non-hydrogen) atoms. The topological polar surface area (TPSA) is 30.0 Å². The van der Waals surface area contributed by atoms with E-state index >= 15 is 0 Å². The molecule has 2 aliphatic carbocycles. The third-order valence-electron chi connectivity index (χ3n) is 4.96. The van der Waals surface area contributed by atoms with Crippen molar-refractivity contribution in [2.24, 2.45) is 17.8 Å². The molecule has 2 nitrogen and oxygen atoms in total. The van der Waals surface area contributed by atoms with Crippen LogP contribution >= 0.6 is 11.3 Å². The molecule has 2 fully saturated rings. The molecule has 2 aromatic rings. The highest BCUT2D eigenvalue weighted by molar-refractivity contribution is 7.17. The van der Waals surface area contributed by atoms with E-state index in [0.717, 1.165) is 34.0 Å². The molecule has 2 heterocycles. The fourth-order valence-corrected chi connectivity index (χ4v) is 4.76. The maximum absolute atomic E-state index is 12.4. The minimum Gasteiger partial charge on any atom is -0.294 e. The summed E-state index contributed by atoms with van der Waals surface area (Å²) in [5.74, 6) is 2.68. The molecule has 0 aromatic carbocycles. The van der Waals surface area contributed by atoms with Crippen LogP contribution in [0, 0.1) is 17.8 Å². The molecule has 98 valence electrons. The minimum atomic E-state index is 0.292. The van der Waals surface area contributed by atoms with Crippen LogP contribution in [0.4, 0.5) is 0 Å². The number of rotatable bonds is 3. The van der Waals surface area contributed by atoms with Gasteiger partial charge in [0.15, 0.2) is 5.78 Å². The normalized spacial score (nSPS) is 29.2. The summed E-state index contributed by atoms with van der Waals surface area (Å²) in [6.07, 6.45) is 7.90. The Morgan fingerprint density at radius 2 is 2.32 bits per heavy atom. The molecule has 0 spiro atoms. The molecule has 2 saturated carbocycles. The number of ketones is 1. The molecule has 4 rings (SSSR count). The first kappa shape index (κ1) is 11.6. The maximum atomic E-state index is 12.4. The second-order valence-electron chi connectivity index (χ2n) is 6.09. The van der Waals surface area contributed by atoms with Crippen LogP contribution in [0.15, 0.2) is 23.7 Å². The fourth-order valence-electron chi connectivity index (χ4n) is 3.98. The number of aromatic nitrogens is 1. The number of nitrogens with zero attached hydrogens (tertiary/aromatic N) is 1. The highest BCUT2D eigenvalue weighted by atomic mass is 32.1. The van der Waals surface area contributed by atoms with Crippen molar-refractivity contribution in [1.82, 2.24) is 4.98 Å².